The number of pyridine rings is 1. The van der Waals surface area contributed by atoms with Crippen LogP contribution in [0, 0.1) is 6.92 Å². The Bertz CT molecular complexity index is 498. The van der Waals surface area contributed by atoms with Gasteiger partial charge in [-0.1, -0.05) is 0 Å². The first-order chi connectivity index (χ1) is 9.37. The molecule has 22 heavy (non-hydrogen) atoms. The topological polar surface area (TPSA) is 41.2 Å². The maximum absolute atomic E-state index is 12.4. The van der Waals surface area contributed by atoms with E-state index in [0.29, 0.717) is 0 Å². The predicted octanol–water partition coefficient (Wildman–Crippen LogP) is -0.899. The number of carbonyl (C=O) groups excluding carboxylic acids is 1. The lowest BCUT2D eigenvalue weighted by molar-refractivity contribution is -0.684. The van der Waals surface area contributed by atoms with Gasteiger partial charge in [0, 0.05) is 12.1 Å². The Balaban J connectivity index is 0.00000441. The molecule has 0 aliphatic rings. The highest BCUT2D eigenvalue weighted by Crippen LogP contribution is 2.45. The molecule has 0 saturated heterocycles. The average molecular weight is 352 g/mol. The summed E-state index contributed by atoms with van der Waals surface area (Å²) in [5.74, 6) is -1.39. The van der Waals surface area contributed by atoms with Crippen LogP contribution in [0.1, 0.15) is 12.0 Å². The van der Waals surface area contributed by atoms with Crippen molar-refractivity contribution in [3.8, 4) is 0 Å². The van der Waals surface area contributed by atoms with Crippen LogP contribution in [0.15, 0.2) is 24.5 Å². The summed E-state index contributed by atoms with van der Waals surface area (Å²) in [6.45, 7) is 1.02. The van der Waals surface area contributed by atoms with E-state index in [1.54, 1.807) is 6.92 Å². The lowest BCUT2D eigenvalue weighted by Crippen LogP contribution is -3.00. The predicted molar refractivity (Wildman–Crippen MR) is 58.1 cm³/mol. The fourth-order valence-corrected chi connectivity index (χ4v) is 1.54. The van der Waals surface area contributed by atoms with E-state index in [1.807, 2.05) is 0 Å². The third-order valence-corrected chi connectivity index (χ3v) is 2.81. The maximum atomic E-state index is 12.4. The molecular weight excluding hydrogens is 340 g/mol. The number of carbonyl (C=O) groups is 1. The summed E-state index contributed by atoms with van der Waals surface area (Å²) in [5, 5.41) is 8.90. The second kappa shape index (κ2) is 6.82. The van der Waals surface area contributed by atoms with E-state index in [0.717, 1.165) is 10.1 Å². The van der Waals surface area contributed by atoms with Crippen LogP contribution in [-0.2, 0) is 11.3 Å². The Kier molecular flexibility index (Phi) is 6.40. The number of hydrogen-bond donors (Lipinski definition) is 1. The molecule has 0 fully saturated rings. The number of ketones is 1. The molecule has 0 spiro atoms. The standard InChI is InChI=1S/C12H12F6NO2.ClH/c1-8-2-4-19(5-3-8)7-9(20)6-10(21,11(13,14)15)12(16,17)18;/h2-5,21H,6-7H2,1H3;1H/q+1;/p-1. The Morgan fingerprint density at radius 3 is 1.86 bits per heavy atom. The third-order valence-electron chi connectivity index (χ3n) is 2.81. The van der Waals surface area contributed by atoms with Gasteiger partial charge in [0.2, 0.25) is 12.3 Å². The molecule has 0 aliphatic carbocycles. The van der Waals surface area contributed by atoms with Crippen LogP contribution in [0.5, 0.6) is 0 Å². The number of alkyl halides is 6. The summed E-state index contributed by atoms with van der Waals surface area (Å²) in [6, 6.07) is 3.07. The quantitative estimate of drug-likeness (QED) is 0.564. The molecule has 1 N–H and O–H groups in total. The highest BCUT2D eigenvalue weighted by Gasteiger charge is 2.71. The van der Waals surface area contributed by atoms with Crippen LogP contribution in [0.25, 0.3) is 0 Å². The molecule has 0 bridgehead atoms. The first kappa shape index (κ1) is 20.6. The van der Waals surface area contributed by atoms with Crippen LogP contribution in [-0.4, -0.2) is 28.8 Å². The fourth-order valence-electron chi connectivity index (χ4n) is 1.54. The van der Waals surface area contributed by atoms with Crippen molar-refractivity contribution in [1.82, 2.24) is 0 Å². The van der Waals surface area contributed by atoms with E-state index in [1.165, 1.54) is 24.5 Å². The fraction of sp³-hybridized carbons (Fsp3) is 0.500. The molecule has 0 radical (unpaired) electrons. The zero-order valence-corrected chi connectivity index (χ0v) is 11.9. The van der Waals surface area contributed by atoms with Crippen molar-refractivity contribution in [2.24, 2.45) is 0 Å². The normalized spacial score (nSPS) is 12.7. The summed E-state index contributed by atoms with van der Waals surface area (Å²) in [7, 11) is 0. The summed E-state index contributed by atoms with van der Waals surface area (Å²) >= 11 is 0. The molecule has 126 valence electrons. The Labute approximate surface area is 128 Å². The lowest BCUT2D eigenvalue weighted by atomic mass is 9.95. The third kappa shape index (κ3) is 4.57. The number of aryl methyl sites for hydroxylation is 1. The van der Waals surface area contributed by atoms with Gasteiger partial charge in [0.15, 0.2) is 12.4 Å². The van der Waals surface area contributed by atoms with E-state index >= 15 is 0 Å². The second-order valence-corrected chi connectivity index (χ2v) is 4.62. The Hall–Kier alpha value is -1.35. The van der Waals surface area contributed by atoms with Crippen molar-refractivity contribution in [1.29, 1.82) is 0 Å². The molecule has 1 heterocycles. The Morgan fingerprint density at radius 2 is 1.50 bits per heavy atom. The van der Waals surface area contributed by atoms with Crippen molar-refractivity contribution < 1.29 is 53.2 Å². The smallest absolute Gasteiger partial charge is 0.426 e. The number of halogens is 7. The molecule has 1 aromatic rings. The second-order valence-electron chi connectivity index (χ2n) is 4.62. The van der Waals surface area contributed by atoms with Gasteiger partial charge in [-0.2, -0.15) is 30.9 Å². The van der Waals surface area contributed by atoms with Crippen LogP contribution >= 0.6 is 0 Å². The summed E-state index contributed by atoms with van der Waals surface area (Å²) in [5.41, 5.74) is -4.23. The molecule has 1 rings (SSSR count). The van der Waals surface area contributed by atoms with Gasteiger partial charge in [0.1, 0.15) is 0 Å². The van der Waals surface area contributed by atoms with E-state index < -0.39 is 36.7 Å². The van der Waals surface area contributed by atoms with Gasteiger partial charge < -0.3 is 17.5 Å². The van der Waals surface area contributed by atoms with Gasteiger partial charge in [-0.25, -0.2) is 0 Å². The van der Waals surface area contributed by atoms with Gasteiger partial charge in [0.25, 0.3) is 5.60 Å². The molecule has 0 aromatic carbocycles. The van der Waals surface area contributed by atoms with Crippen LogP contribution in [0.4, 0.5) is 26.3 Å². The SMILES string of the molecule is Cc1cc[n+](CC(=O)CC(O)(C(F)(F)F)C(F)(F)F)cc1.[Cl-]. The minimum atomic E-state index is -5.99. The monoisotopic (exact) mass is 351 g/mol. The van der Waals surface area contributed by atoms with Crippen LogP contribution in [0.2, 0.25) is 0 Å². The Morgan fingerprint density at radius 1 is 1.09 bits per heavy atom. The van der Waals surface area contributed by atoms with Gasteiger partial charge in [-0.15, -0.1) is 0 Å². The number of Topliss-reactive ketones (excluding diaryl/α,β-unsaturated/α-hetero) is 1. The lowest BCUT2D eigenvalue weighted by Gasteiger charge is -2.31. The van der Waals surface area contributed by atoms with Crippen LogP contribution < -0.4 is 17.0 Å². The number of aliphatic hydroxyl groups is 1. The highest BCUT2D eigenvalue weighted by molar-refractivity contribution is 5.78. The minimum Gasteiger partial charge on any atom is -1.00 e. The number of rotatable bonds is 4. The largest absolute Gasteiger partial charge is 1.00 e. The maximum Gasteiger partial charge on any atom is 0.426 e. The summed E-state index contributed by atoms with van der Waals surface area (Å²) < 4.78 is 75.7. The first-order valence-electron chi connectivity index (χ1n) is 5.70. The molecule has 1 aromatic heterocycles. The zero-order chi connectivity index (χ0) is 16.5. The van der Waals surface area contributed by atoms with Gasteiger partial charge in [-0.05, 0) is 12.5 Å². The average Bonchev–Trinajstić information content (AvgIpc) is 2.29. The molecule has 10 heteroatoms. The van der Waals surface area contributed by atoms with Gasteiger partial charge >= 0.3 is 12.4 Å². The molecule has 0 atom stereocenters. The zero-order valence-electron chi connectivity index (χ0n) is 11.2. The number of nitrogens with zero attached hydrogens (tertiary/aromatic N) is 1. The summed E-state index contributed by atoms with van der Waals surface area (Å²) in [4.78, 5) is 11.4. The van der Waals surface area contributed by atoms with Crippen molar-refractivity contribution in [2.45, 2.75) is 37.8 Å². The van der Waals surface area contributed by atoms with E-state index in [4.69, 9.17) is 5.11 Å². The number of aromatic nitrogens is 1. The minimum absolute atomic E-state index is 0. The summed E-state index contributed by atoms with van der Waals surface area (Å²) in [6.07, 6.45) is -11.4. The van der Waals surface area contributed by atoms with Crippen molar-refractivity contribution in [3.05, 3.63) is 30.1 Å². The van der Waals surface area contributed by atoms with Crippen molar-refractivity contribution in [3.63, 3.8) is 0 Å². The first-order valence-corrected chi connectivity index (χ1v) is 5.70. The van der Waals surface area contributed by atoms with Crippen molar-refractivity contribution >= 4 is 5.78 Å². The molecule has 0 aliphatic heterocycles. The molecular formula is C12H12ClF6NO2. The van der Waals surface area contributed by atoms with E-state index in [-0.39, 0.29) is 12.4 Å². The molecule has 0 unspecified atom stereocenters. The van der Waals surface area contributed by atoms with Crippen LogP contribution in [0.3, 0.4) is 0 Å². The highest BCUT2D eigenvalue weighted by atomic mass is 35.5. The molecule has 0 saturated carbocycles. The van der Waals surface area contributed by atoms with Crippen molar-refractivity contribution in [2.75, 3.05) is 0 Å². The molecule has 3 nitrogen and oxygen atoms in total. The van der Waals surface area contributed by atoms with Gasteiger partial charge in [-0.3, -0.25) is 4.79 Å². The van der Waals surface area contributed by atoms with Gasteiger partial charge in [0.05, 0.1) is 6.42 Å². The number of hydrogen-bond acceptors (Lipinski definition) is 2. The molecule has 0 amide bonds. The van der Waals surface area contributed by atoms with E-state index in [2.05, 4.69) is 0 Å². The van der Waals surface area contributed by atoms with E-state index in [9.17, 15) is 31.1 Å².